The number of methoxy groups -OCH3 is 2. The number of thiazole rings is 1. The Hall–Kier alpha value is -2.28. The molecule has 0 radical (unpaired) electrons. The average Bonchev–Trinajstić information content (AvgIpc) is 2.95. The molecule has 0 unspecified atom stereocenters. The van der Waals surface area contributed by atoms with Crippen molar-refractivity contribution in [1.29, 1.82) is 0 Å². The minimum absolute atomic E-state index is 0.237. The molecular formula is C12H10N2O4S. The fourth-order valence-corrected chi connectivity index (χ4v) is 2.11. The molecule has 19 heavy (non-hydrogen) atoms. The van der Waals surface area contributed by atoms with Gasteiger partial charge in [-0.05, 0) is 12.1 Å². The van der Waals surface area contributed by atoms with Crippen molar-refractivity contribution in [2.45, 2.75) is 0 Å². The molecule has 0 bridgehead atoms. The molecule has 6 nitrogen and oxygen atoms in total. The van der Waals surface area contributed by atoms with Gasteiger partial charge in [0.1, 0.15) is 5.01 Å². The molecule has 0 aliphatic rings. The molecule has 0 aromatic carbocycles. The lowest BCUT2D eigenvalue weighted by Crippen LogP contribution is -2.02. The van der Waals surface area contributed by atoms with Gasteiger partial charge in [0, 0.05) is 11.6 Å². The third-order valence-electron chi connectivity index (χ3n) is 2.30. The summed E-state index contributed by atoms with van der Waals surface area (Å²) in [4.78, 5) is 30.8. The van der Waals surface area contributed by atoms with Gasteiger partial charge in [0.15, 0.2) is 5.69 Å². The zero-order valence-corrected chi connectivity index (χ0v) is 11.1. The van der Waals surface area contributed by atoms with Gasteiger partial charge in [-0.2, -0.15) is 0 Å². The zero-order chi connectivity index (χ0) is 13.8. The van der Waals surface area contributed by atoms with Crippen molar-refractivity contribution < 1.29 is 19.1 Å². The maximum Gasteiger partial charge on any atom is 0.357 e. The van der Waals surface area contributed by atoms with E-state index in [1.807, 2.05) is 0 Å². The quantitative estimate of drug-likeness (QED) is 0.796. The number of pyridine rings is 1. The lowest BCUT2D eigenvalue weighted by molar-refractivity contribution is 0.0588. The van der Waals surface area contributed by atoms with Crippen molar-refractivity contribution in [3.8, 4) is 10.7 Å². The van der Waals surface area contributed by atoms with Gasteiger partial charge >= 0.3 is 11.9 Å². The van der Waals surface area contributed by atoms with Crippen molar-refractivity contribution >= 4 is 23.3 Å². The van der Waals surface area contributed by atoms with Crippen molar-refractivity contribution in [2.24, 2.45) is 0 Å². The predicted octanol–water partition coefficient (Wildman–Crippen LogP) is 1.78. The van der Waals surface area contributed by atoms with Crippen molar-refractivity contribution in [1.82, 2.24) is 9.97 Å². The number of ether oxygens (including phenoxy) is 2. The number of hydrogen-bond acceptors (Lipinski definition) is 7. The molecule has 0 N–H and O–H groups in total. The summed E-state index contributed by atoms with van der Waals surface area (Å²) in [6, 6.07) is 3.24. The Balaban J connectivity index is 2.25. The van der Waals surface area contributed by atoms with Gasteiger partial charge in [0.25, 0.3) is 0 Å². The highest BCUT2D eigenvalue weighted by Gasteiger charge is 2.13. The van der Waals surface area contributed by atoms with E-state index in [4.69, 9.17) is 0 Å². The predicted molar refractivity (Wildman–Crippen MR) is 68.0 cm³/mol. The number of esters is 2. The zero-order valence-electron chi connectivity index (χ0n) is 10.2. The number of carbonyl (C=O) groups is 2. The maximum atomic E-state index is 11.3. The van der Waals surface area contributed by atoms with Gasteiger partial charge in [-0.15, -0.1) is 11.3 Å². The molecular weight excluding hydrogens is 268 g/mol. The first kappa shape index (κ1) is 13.2. The number of aromatic nitrogens is 2. The van der Waals surface area contributed by atoms with Crippen molar-refractivity contribution in [2.75, 3.05) is 14.2 Å². The van der Waals surface area contributed by atoms with E-state index in [1.54, 1.807) is 17.5 Å². The van der Waals surface area contributed by atoms with Crippen LogP contribution in [-0.4, -0.2) is 36.1 Å². The fraction of sp³-hybridized carbons (Fsp3) is 0.167. The second-order valence-corrected chi connectivity index (χ2v) is 4.31. The molecule has 0 aliphatic heterocycles. The van der Waals surface area contributed by atoms with Crippen LogP contribution in [0.1, 0.15) is 20.8 Å². The minimum atomic E-state index is -0.492. The van der Waals surface area contributed by atoms with Crippen LogP contribution in [0.3, 0.4) is 0 Å². The summed E-state index contributed by atoms with van der Waals surface area (Å²) in [5.41, 5.74) is 1.17. The topological polar surface area (TPSA) is 78.4 Å². The first-order chi connectivity index (χ1) is 9.15. The normalized spacial score (nSPS) is 10.0. The van der Waals surface area contributed by atoms with E-state index in [2.05, 4.69) is 19.4 Å². The van der Waals surface area contributed by atoms with Crippen LogP contribution in [0.5, 0.6) is 0 Å². The van der Waals surface area contributed by atoms with E-state index in [0.717, 1.165) is 0 Å². The molecule has 2 heterocycles. The SMILES string of the molecule is COC(=O)c1ccc(-c2nc(C(=O)OC)cs2)nc1. The Morgan fingerprint density at radius 2 is 1.89 bits per heavy atom. The largest absolute Gasteiger partial charge is 0.465 e. The molecule has 0 amide bonds. The first-order valence-corrected chi connectivity index (χ1v) is 6.12. The van der Waals surface area contributed by atoms with Crippen LogP contribution in [0, 0.1) is 0 Å². The van der Waals surface area contributed by atoms with Gasteiger partial charge in [0.05, 0.1) is 25.5 Å². The third kappa shape index (κ3) is 2.76. The lowest BCUT2D eigenvalue weighted by atomic mass is 10.2. The third-order valence-corrected chi connectivity index (χ3v) is 3.17. The highest BCUT2D eigenvalue weighted by molar-refractivity contribution is 7.13. The summed E-state index contributed by atoms with van der Waals surface area (Å²) in [5, 5.41) is 2.17. The highest BCUT2D eigenvalue weighted by Crippen LogP contribution is 2.22. The molecule has 2 rings (SSSR count). The van der Waals surface area contributed by atoms with E-state index < -0.39 is 11.9 Å². The monoisotopic (exact) mass is 278 g/mol. The molecule has 2 aromatic heterocycles. The Labute approximate surface area is 113 Å². The fourth-order valence-electron chi connectivity index (χ4n) is 1.35. The molecule has 0 saturated carbocycles. The standard InChI is InChI=1S/C12H10N2O4S/c1-17-11(15)7-3-4-8(13-5-7)10-14-9(6-19-10)12(16)18-2/h3-6H,1-2H3. The maximum absolute atomic E-state index is 11.3. The van der Waals surface area contributed by atoms with Crippen LogP contribution in [0.25, 0.3) is 10.7 Å². The van der Waals surface area contributed by atoms with Gasteiger partial charge in [-0.1, -0.05) is 0 Å². The molecule has 0 aliphatic carbocycles. The summed E-state index contributed by atoms with van der Waals surface area (Å²) in [6.07, 6.45) is 1.40. The van der Waals surface area contributed by atoms with Crippen LogP contribution >= 0.6 is 11.3 Å². The van der Waals surface area contributed by atoms with Crippen molar-refractivity contribution in [3.63, 3.8) is 0 Å². The van der Waals surface area contributed by atoms with Crippen LogP contribution in [-0.2, 0) is 9.47 Å². The second-order valence-electron chi connectivity index (χ2n) is 3.45. The molecule has 0 atom stereocenters. The summed E-state index contributed by atoms with van der Waals surface area (Å²) in [7, 11) is 2.60. The number of carbonyl (C=O) groups excluding carboxylic acids is 2. The molecule has 7 heteroatoms. The first-order valence-electron chi connectivity index (χ1n) is 5.24. The molecule has 98 valence electrons. The van der Waals surface area contributed by atoms with Crippen LogP contribution < -0.4 is 0 Å². The smallest absolute Gasteiger partial charge is 0.357 e. The number of nitrogens with zero attached hydrogens (tertiary/aromatic N) is 2. The summed E-state index contributed by atoms with van der Waals surface area (Å²) < 4.78 is 9.15. The Bertz CT molecular complexity index is 606. The molecule has 0 spiro atoms. The minimum Gasteiger partial charge on any atom is -0.465 e. The number of rotatable bonds is 3. The lowest BCUT2D eigenvalue weighted by Gasteiger charge is -1.99. The van der Waals surface area contributed by atoms with Crippen molar-refractivity contribution in [3.05, 3.63) is 35.0 Å². The van der Waals surface area contributed by atoms with Crippen LogP contribution in [0.2, 0.25) is 0 Å². The Kier molecular flexibility index (Phi) is 3.86. The van der Waals surface area contributed by atoms with Gasteiger partial charge in [-0.3, -0.25) is 4.98 Å². The Morgan fingerprint density at radius 3 is 2.47 bits per heavy atom. The highest BCUT2D eigenvalue weighted by atomic mass is 32.1. The van der Waals surface area contributed by atoms with Gasteiger partial charge in [0.2, 0.25) is 0 Å². The Morgan fingerprint density at radius 1 is 1.16 bits per heavy atom. The molecule has 2 aromatic rings. The van der Waals surface area contributed by atoms with Gasteiger partial charge in [-0.25, -0.2) is 14.6 Å². The van der Waals surface area contributed by atoms with E-state index in [0.29, 0.717) is 16.3 Å². The van der Waals surface area contributed by atoms with E-state index >= 15 is 0 Å². The average molecular weight is 278 g/mol. The summed E-state index contributed by atoms with van der Waals surface area (Å²) in [6.45, 7) is 0. The molecule has 0 fully saturated rings. The number of hydrogen-bond donors (Lipinski definition) is 0. The van der Waals surface area contributed by atoms with Crippen LogP contribution in [0.15, 0.2) is 23.7 Å². The van der Waals surface area contributed by atoms with Gasteiger partial charge < -0.3 is 9.47 Å². The van der Waals surface area contributed by atoms with E-state index in [9.17, 15) is 9.59 Å². The summed E-state index contributed by atoms with van der Waals surface area (Å²) >= 11 is 1.28. The van der Waals surface area contributed by atoms with E-state index in [-0.39, 0.29) is 5.69 Å². The van der Waals surface area contributed by atoms with Crippen LogP contribution in [0.4, 0.5) is 0 Å². The summed E-state index contributed by atoms with van der Waals surface area (Å²) in [5.74, 6) is -0.942. The molecule has 0 saturated heterocycles. The van der Waals surface area contributed by atoms with E-state index in [1.165, 1.54) is 31.8 Å². The second kappa shape index (κ2) is 5.57.